The molecule has 0 aliphatic heterocycles. The Hall–Kier alpha value is -0.600. The highest BCUT2D eigenvalue weighted by atomic mass is 35.5. The van der Waals surface area contributed by atoms with E-state index in [4.69, 9.17) is 17.3 Å². The van der Waals surface area contributed by atoms with Gasteiger partial charge in [0.2, 0.25) is 0 Å². The molecule has 0 radical (unpaired) electrons. The van der Waals surface area contributed by atoms with Crippen LogP contribution in [0.4, 0.5) is 4.39 Å². The van der Waals surface area contributed by atoms with Gasteiger partial charge in [-0.2, -0.15) is 0 Å². The first-order valence-electron chi connectivity index (χ1n) is 6.30. The summed E-state index contributed by atoms with van der Waals surface area (Å²) < 4.78 is 13.8. The fraction of sp³-hybridized carbons (Fsp3) is 0.571. The minimum atomic E-state index is -0.218. The SMILES string of the molecule is NC1(Cc2ccc(Cl)cc2F)CC2CCC1C2. The standard InChI is InChI=1S/C14H17ClFN/c15-12-4-2-10(13(16)6-12)8-14(17)7-9-1-3-11(14)5-9/h2,4,6,9,11H,1,3,5,7-8,17H2. The summed E-state index contributed by atoms with van der Waals surface area (Å²) in [5.74, 6) is 1.15. The Kier molecular flexibility index (Phi) is 2.68. The normalized spacial score (nSPS) is 35.5. The van der Waals surface area contributed by atoms with Crippen LogP contribution in [0, 0.1) is 17.7 Å². The highest BCUT2D eigenvalue weighted by Crippen LogP contribution is 2.50. The quantitative estimate of drug-likeness (QED) is 0.857. The van der Waals surface area contributed by atoms with Crippen molar-refractivity contribution in [2.24, 2.45) is 17.6 Å². The third-order valence-corrected chi connectivity index (χ3v) is 4.79. The lowest BCUT2D eigenvalue weighted by atomic mass is 9.77. The summed E-state index contributed by atoms with van der Waals surface area (Å²) in [6, 6.07) is 4.91. The van der Waals surface area contributed by atoms with Crippen LogP contribution >= 0.6 is 11.6 Å². The molecule has 2 fully saturated rings. The van der Waals surface area contributed by atoms with Crippen molar-refractivity contribution >= 4 is 11.6 Å². The summed E-state index contributed by atoms with van der Waals surface area (Å²) in [7, 11) is 0. The van der Waals surface area contributed by atoms with Crippen molar-refractivity contribution in [3.63, 3.8) is 0 Å². The van der Waals surface area contributed by atoms with Crippen molar-refractivity contribution in [3.8, 4) is 0 Å². The van der Waals surface area contributed by atoms with Crippen molar-refractivity contribution in [3.05, 3.63) is 34.6 Å². The van der Waals surface area contributed by atoms with Crippen LogP contribution in [-0.4, -0.2) is 5.54 Å². The van der Waals surface area contributed by atoms with Crippen molar-refractivity contribution in [1.82, 2.24) is 0 Å². The number of halogens is 2. The second kappa shape index (κ2) is 3.96. The lowest BCUT2D eigenvalue weighted by molar-refractivity contribution is 0.267. The van der Waals surface area contributed by atoms with Crippen LogP contribution in [0.15, 0.2) is 18.2 Å². The molecule has 3 unspecified atom stereocenters. The summed E-state index contributed by atoms with van der Waals surface area (Å²) in [5, 5.41) is 0.449. The molecule has 2 N–H and O–H groups in total. The molecule has 2 saturated carbocycles. The lowest BCUT2D eigenvalue weighted by Crippen LogP contribution is -2.47. The summed E-state index contributed by atoms with van der Waals surface area (Å²) >= 11 is 5.76. The zero-order valence-corrected chi connectivity index (χ0v) is 10.5. The Morgan fingerprint density at radius 1 is 1.41 bits per heavy atom. The molecule has 0 heterocycles. The monoisotopic (exact) mass is 253 g/mol. The molecule has 1 aromatic carbocycles. The van der Waals surface area contributed by atoms with Gasteiger partial charge in [0, 0.05) is 10.6 Å². The average Bonchev–Trinajstić information content (AvgIpc) is 2.82. The minimum absolute atomic E-state index is 0.183. The summed E-state index contributed by atoms with van der Waals surface area (Å²) in [6.07, 6.45) is 5.48. The van der Waals surface area contributed by atoms with Crippen LogP contribution in [0.1, 0.15) is 31.2 Å². The molecule has 1 nitrogen and oxygen atoms in total. The van der Waals surface area contributed by atoms with Crippen molar-refractivity contribution in [2.45, 2.75) is 37.6 Å². The van der Waals surface area contributed by atoms with Gasteiger partial charge in [0.05, 0.1) is 0 Å². The molecule has 0 amide bonds. The van der Waals surface area contributed by atoms with Crippen LogP contribution in [0.25, 0.3) is 0 Å². The molecule has 0 aromatic heterocycles. The van der Waals surface area contributed by atoms with Crippen LogP contribution < -0.4 is 5.73 Å². The maximum Gasteiger partial charge on any atom is 0.127 e. The predicted molar refractivity (Wildman–Crippen MR) is 67.5 cm³/mol. The summed E-state index contributed by atoms with van der Waals surface area (Å²) in [4.78, 5) is 0. The molecule has 3 atom stereocenters. The first kappa shape index (κ1) is 11.5. The highest BCUT2D eigenvalue weighted by molar-refractivity contribution is 6.30. The highest BCUT2D eigenvalue weighted by Gasteiger charge is 2.48. The van der Waals surface area contributed by atoms with E-state index in [1.807, 2.05) is 0 Å². The van der Waals surface area contributed by atoms with Gasteiger partial charge in [-0.25, -0.2) is 4.39 Å². The number of benzene rings is 1. The van der Waals surface area contributed by atoms with Crippen molar-refractivity contribution in [1.29, 1.82) is 0 Å². The van der Waals surface area contributed by atoms with Gasteiger partial charge in [0.1, 0.15) is 5.82 Å². The van der Waals surface area contributed by atoms with E-state index in [1.165, 1.54) is 25.3 Å². The van der Waals surface area contributed by atoms with E-state index in [1.54, 1.807) is 12.1 Å². The number of fused-ring (bicyclic) bond motifs is 2. The van der Waals surface area contributed by atoms with Crippen LogP contribution in [0.3, 0.4) is 0 Å². The zero-order valence-electron chi connectivity index (χ0n) is 9.76. The second-order valence-corrected chi connectivity index (χ2v) is 6.16. The van der Waals surface area contributed by atoms with Gasteiger partial charge >= 0.3 is 0 Å². The van der Waals surface area contributed by atoms with Crippen LogP contribution in [0.2, 0.25) is 5.02 Å². The van der Waals surface area contributed by atoms with Gasteiger partial charge in [-0.05, 0) is 55.2 Å². The van der Waals surface area contributed by atoms with Gasteiger partial charge in [0.15, 0.2) is 0 Å². The smallest absolute Gasteiger partial charge is 0.127 e. The Morgan fingerprint density at radius 2 is 2.24 bits per heavy atom. The molecular formula is C14H17ClFN. The maximum atomic E-state index is 13.8. The fourth-order valence-electron chi connectivity index (χ4n) is 3.72. The largest absolute Gasteiger partial charge is 0.325 e. The molecule has 0 saturated heterocycles. The average molecular weight is 254 g/mol. The molecule has 3 rings (SSSR count). The molecule has 2 aliphatic rings. The molecule has 2 bridgehead atoms. The second-order valence-electron chi connectivity index (χ2n) is 5.73. The summed E-state index contributed by atoms with van der Waals surface area (Å²) in [6.45, 7) is 0. The van der Waals surface area contributed by atoms with Crippen molar-refractivity contribution in [2.75, 3.05) is 0 Å². The third-order valence-electron chi connectivity index (χ3n) is 4.56. The molecule has 0 spiro atoms. The van der Waals surface area contributed by atoms with Crippen LogP contribution in [0.5, 0.6) is 0 Å². The van der Waals surface area contributed by atoms with Gasteiger partial charge in [-0.15, -0.1) is 0 Å². The number of hydrogen-bond donors (Lipinski definition) is 1. The molecule has 3 heteroatoms. The van der Waals surface area contributed by atoms with E-state index in [0.717, 1.165) is 12.3 Å². The van der Waals surface area contributed by atoms with Gasteiger partial charge < -0.3 is 5.73 Å². The van der Waals surface area contributed by atoms with E-state index in [9.17, 15) is 4.39 Å². The first-order valence-corrected chi connectivity index (χ1v) is 6.67. The van der Waals surface area contributed by atoms with Gasteiger partial charge in [-0.3, -0.25) is 0 Å². The Labute approximate surface area is 106 Å². The topological polar surface area (TPSA) is 26.0 Å². The Balaban J connectivity index is 1.83. The van der Waals surface area contributed by atoms with Crippen molar-refractivity contribution < 1.29 is 4.39 Å². The Bertz CT molecular complexity index is 448. The molecule has 92 valence electrons. The van der Waals surface area contributed by atoms with Gasteiger partial charge in [-0.1, -0.05) is 24.1 Å². The molecule has 2 aliphatic carbocycles. The maximum absolute atomic E-state index is 13.8. The molecular weight excluding hydrogens is 237 g/mol. The van der Waals surface area contributed by atoms with E-state index < -0.39 is 0 Å². The number of hydrogen-bond acceptors (Lipinski definition) is 1. The number of nitrogens with two attached hydrogens (primary N) is 1. The first-order chi connectivity index (χ1) is 8.07. The summed E-state index contributed by atoms with van der Waals surface area (Å²) in [5.41, 5.74) is 7.01. The third kappa shape index (κ3) is 1.98. The van der Waals surface area contributed by atoms with E-state index in [2.05, 4.69) is 0 Å². The van der Waals surface area contributed by atoms with E-state index in [0.29, 0.717) is 22.9 Å². The fourth-order valence-corrected chi connectivity index (χ4v) is 3.88. The van der Waals surface area contributed by atoms with Crippen LogP contribution in [-0.2, 0) is 6.42 Å². The molecule has 17 heavy (non-hydrogen) atoms. The number of rotatable bonds is 2. The Morgan fingerprint density at radius 3 is 2.82 bits per heavy atom. The zero-order chi connectivity index (χ0) is 12.0. The minimum Gasteiger partial charge on any atom is -0.325 e. The molecule has 1 aromatic rings. The predicted octanol–water partition coefficient (Wildman–Crippen LogP) is 3.54. The van der Waals surface area contributed by atoms with E-state index in [-0.39, 0.29) is 11.4 Å². The van der Waals surface area contributed by atoms with E-state index >= 15 is 0 Å². The lowest BCUT2D eigenvalue weighted by Gasteiger charge is -2.34. The van der Waals surface area contributed by atoms with Gasteiger partial charge in [0.25, 0.3) is 0 Å².